The standard InChI is InChI=1S/C19H17F3N4OS/c1-11(15-8-7-14(21)9-16(15)22)23-17(27)10-28-19-25-24-18(26(19)2)12-3-5-13(20)6-4-12/h3-9,11H,10H2,1-2H3,(H,23,27)/t11-/m0/s1. The normalized spacial score (nSPS) is 12.0. The van der Waals surface area contributed by atoms with Crippen molar-refractivity contribution in [1.82, 2.24) is 20.1 Å². The van der Waals surface area contributed by atoms with Crippen molar-refractivity contribution in [3.8, 4) is 11.4 Å². The van der Waals surface area contributed by atoms with E-state index in [1.165, 1.54) is 30.0 Å². The molecule has 0 aliphatic heterocycles. The first-order valence-corrected chi connectivity index (χ1v) is 9.36. The summed E-state index contributed by atoms with van der Waals surface area (Å²) in [4.78, 5) is 12.2. The molecule has 5 nitrogen and oxygen atoms in total. The number of amides is 1. The van der Waals surface area contributed by atoms with Gasteiger partial charge in [-0.3, -0.25) is 4.79 Å². The molecule has 0 radical (unpaired) electrons. The minimum Gasteiger partial charge on any atom is -0.349 e. The van der Waals surface area contributed by atoms with Crippen molar-refractivity contribution < 1.29 is 18.0 Å². The summed E-state index contributed by atoms with van der Waals surface area (Å²) in [5, 5.41) is 11.3. The van der Waals surface area contributed by atoms with E-state index in [2.05, 4.69) is 15.5 Å². The number of halogens is 3. The minimum absolute atomic E-state index is 0.0442. The number of nitrogens with zero attached hydrogens (tertiary/aromatic N) is 3. The highest BCUT2D eigenvalue weighted by Gasteiger charge is 2.16. The summed E-state index contributed by atoms with van der Waals surface area (Å²) in [6.45, 7) is 1.62. The molecule has 3 aromatic rings. The van der Waals surface area contributed by atoms with E-state index in [-0.39, 0.29) is 23.0 Å². The van der Waals surface area contributed by atoms with Gasteiger partial charge in [0.1, 0.15) is 17.5 Å². The lowest BCUT2D eigenvalue weighted by molar-refractivity contribution is -0.119. The van der Waals surface area contributed by atoms with E-state index < -0.39 is 17.7 Å². The Morgan fingerprint density at radius 3 is 2.46 bits per heavy atom. The highest BCUT2D eigenvalue weighted by Crippen LogP contribution is 2.23. The predicted molar refractivity (Wildman–Crippen MR) is 100 cm³/mol. The molecule has 2 aromatic carbocycles. The molecule has 1 heterocycles. The average Bonchev–Trinajstić information content (AvgIpc) is 3.01. The largest absolute Gasteiger partial charge is 0.349 e. The first-order valence-electron chi connectivity index (χ1n) is 8.37. The molecule has 9 heteroatoms. The fourth-order valence-corrected chi connectivity index (χ4v) is 3.36. The van der Waals surface area contributed by atoms with Crippen LogP contribution in [0.4, 0.5) is 13.2 Å². The SMILES string of the molecule is C[C@H](NC(=O)CSc1nnc(-c2ccc(F)cc2)n1C)c1ccc(F)cc1F. The van der Waals surface area contributed by atoms with Crippen LogP contribution in [0.25, 0.3) is 11.4 Å². The van der Waals surface area contributed by atoms with Gasteiger partial charge in [-0.25, -0.2) is 13.2 Å². The van der Waals surface area contributed by atoms with Gasteiger partial charge in [0.2, 0.25) is 5.91 Å². The summed E-state index contributed by atoms with van der Waals surface area (Å²) < 4.78 is 41.6. The highest BCUT2D eigenvalue weighted by atomic mass is 32.2. The molecule has 0 spiro atoms. The molecule has 1 N–H and O–H groups in total. The zero-order chi connectivity index (χ0) is 20.3. The highest BCUT2D eigenvalue weighted by molar-refractivity contribution is 7.99. The Balaban J connectivity index is 1.61. The van der Waals surface area contributed by atoms with E-state index in [9.17, 15) is 18.0 Å². The molecule has 0 fully saturated rings. The number of aromatic nitrogens is 3. The van der Waals surface area contributed by atoms with Gasteiger partial charge in [0, 0.05) is 24.2 Å². The molecule has 0 unspecified atom stereocenters. The molecule has 1 aromatic heterocycles. The van der Waals surface area contributed by atoms with Crippen molar-refractivity contribution in [2.45, 2.75) is 18.1 Å². The van der Waals surface area contributed by atoms with Crippen molar-refractivity contribution in [1.29, 1.82) is 0 Å². The molecule has 0 bridgehead atoms. The van der Waals surface area contributed by atoms with Crippen LogP contribution in [0, 0.1) is 17.5 Å². The van der Waals surface area contributed by atoms with Crippen LogP contribution in [0.15, 0.2) is 47.6 Å². The topological polar surface area (TPSA) is 59.8 Å². The Kier molecular flexibility index (Phi) is 6.03. The third kappa shape index (κ3) is 4.53. The maximum atomic E-state index is 13.8. The third-order valence-electron chi connectivity index (χ3n) is 4.08. The van der Waals surface area contributed by atoms with Gasteiger partial charge in [0.05, 0.1) is 11.8 Å². The van der Waals surface area contributed by atoms with Crippen LogP contribution in [-0.2, 0) is 11.8 Å². The second-order valence-electron chi connectivity index (χ2n) is 6.12. The van der Waals surface area contributed by atoms with Crippen LogP contribution in [0.1, 0.15) is 18.5 Å². The molecule has 1 amide bonds. The Bertz CT molecular complexity index is 991. The zero-order valence-corrected chi connectivity index (χ0v) is 15.9. The fraction of sp³-hybridized carbons (Fsp3) is 0.211. The van der Waals surface area contributed by atoms with Gasteiger partial charge in [-0.2, -0.15) is 0 Å². The lowest BCUT2D eigenvalue weighted by Crippen LogP contribution is -2.28. The average molecular weight is 406 g/mol. The Labute approximate surface area is 164 Å². The predicted octanol–water partition coefficient (Wildman–Crippen LogP) is 3.87. The molecule has 0 aliphatic rings. The summed E-state index contributed by atoms with van der Waals surface area (Å²) in [6.07, 6.45) is 0. The number of carbonyl (C=O) groups excluding carboxylic acids is 1. The van der Waals surface area contributed by atoms with E-state index >= 15 is 0 Å². The molecular formula is C19H17F3N4OS. The van der Waals surface area contributed by atoms with Crippen molar-refractivity contribution in [3.05, 3.63) is 65.5 Å². The Morgan fingerprint density at radius 1 is 1.11 bits per heavy atom. The molecule has 0 aliphatic carbocycles. The molecule has 28 heavy (non-hydrogen) atoms. The first-order chi connectivity index (χ1) is 13.3. The minimum atomic E-state index is -0.710. The number of nitrogens with one attached hydrogen (secondary N) is 1. The maximum Gasteiger partial charge on any atom is 0.230 e. The second kappa shape index (κ2) is 8.47. The smallest absolute Gasteiger partial charge is 0.230 e. The van der Waals surface area contributed by atoms with Crippen molar-refractivity contribution in [3.63, 3.8) is 0 Å². The van der Waals surface area contributed by atoms with E-state index in [4.69, 9.17) is 0 Å². The van der Waals surface area contributed by atoms with Crippen molar-refractivity contribution in [2.24, 2.45) is 7.05 Å². The van der Waals surface area contributed by atoms with E-state index in [0.29, 0.717) is 16.5 Å². The van der Waals surface area contributed by atoms with Crippen LogP contribution in [0.5, 0.6) is 0 Å². The van der Waals surface area contributed by atoms with E-state index in [1.807, 2.05) is 0 Å². The van der Waals surface area contributed by atoms with Crippen LogP contribution in [0.2, 0.25) is 0 Å². The molecule has 1 atom stereocenters. The number of rotatable bonds is 6. The van der Waals surface area contributed by atoms with Crippen molar-refractivity contribution in [2.75, 3.05) is 5.75 Å². The lowest BCUT2D eigenvalue weighted by Gasteiger charge is -2.15. The number of carbonyl (C=O) groups is 1. The monoisotopic (exact) mass is 406 g/mol. The summed E-state index contributed by atoms with van der Waals surface area (Å²) >= 11 is 1.17. The van der Waals surface area contributed by atoms with Crippen LogP contribution in [-0.4, -0.2) is 26.4 Å². The number of thioether (sulfide) groups is 1. The molecular weight excluding hydrogens is 389 g/mol. The Morgan fingerprint density at radius 2 is 1.79 bits per heavy atom. The zero-order valence-electron chi connectivity index (χ0n) is 15.1. The maximum absolute atomic E-state index is 13.8. The van der Waals surface area contributed by atoms with Crippen LogP contribution < -0.4 is 5.32 Å². The molecule has 3 rings (SSSR count). The first kappa shape index (κ1) is 19.9. The van der Waals surface area contributed by atoms with Crippen LogP contribution >= 0.6 is 11.8 Å². The third-order valence-corrected chi connectivity index (χ3v) is 5.10. The fourth-order valence-electron chi connectivity index (χ4n) is 2.63. The van der Waals surface area contributed by atoms with Crippen LogP contribution in [0.3, 0.4) is 0 Å². The van der Waals surface area contributed by atoms with Gasteiger partial charge in [-0.15, -0.1) is 10.2 Å². The van der Waals surface area contributed by atoms with Gasteiger partial charge < -0.3 is 9.88 Å². The van der Waals surface area contributed by atoms with Gasteiger partial charge in [0.15, 0.2) is 11.0 Å². The lowest BCUT2D eigenvalue weighted by atomic mass is 10.1. The summed E-state index contributed by atoms with van der Waals surface area (Å²) in [5.41, 5.74) is 0.908. The molecule has 0 saturated heterocycles. The molecule has 0 saturated carbocycles. The van der Waals surface area contributed by atoms with Gasteiger partial charge in [-0.05, 0) is 37.3 Å². The van der Waals surface area contributed by atoms with Gasteiger partial charge in [0.25, 0.3) is 0 Å². The van der Waals surface area contributed by atoms with E-state index in [1.54, 1.807) is 30.7 Å². The molecule has 146 valence electrons. The number of hydrogen-bond acceptors (Lipinski definition) is 4. The summed E-state index contributed by atoms with van der Waals surface area (Å²) in [5.74, 6) is -1.46. The number of hydrogen-bond donors (Lipinski definition) is 1. The van der Waals surface area contributed by atoms with Crippen molar-refractivity contribution >= 4 is 17.7 Å². The second-order valence-corrected chi connectivity index (χ2v) is 7.06. The summed E-state index contributed by atoms with van der Waals surface area (Å²) in [7, 11) is 1.75. The van der Waals surface area contributed by atoms with Gasteiger partial charge >= 0.3 is 0 Å². The van der Waals surface area contributed by atoms with Gasteiger partial charge in [-0.1, -0.05) is 17.8 Å². The Hall–Kier alpha value is -2.81. The quantitative estimate of drug-likeness (QED) is 0.632. The van der Waals surface area contributed by atoms with E-state index in [0.717, 1.165) is 12.1 Å². The summed E-state index contributed by atoms with van der Waals surface area (Å²) in [6, 6.07) is 8.48. The number of benzene rings is 2.